The van der Waals surface area contributed by atoms with Crippen LogP contribution in [0.1, 0.15) is 31.7 Å². The zero-order chi connectivity index (χ0) is 19.8. The summed E-state index contributed by atoms with van der Waals surface area (Å²) in [6.07, 6.45) is 3.74. The molecule has 1 fully saturated rings. The van der Waals surface area contributed by atoms with Crippen LogP contribution in [0.3, 0.4) is 0 Å². The molecule has 146 valence electrons. The Morgan fingerprint density at radius 3 is 2.38 bits per heavy atom. The molecule has 3 heterocycles. The summed E-state index contributed by atoms with van der Waals surface area (Å²) in [6, 6.07) is 23.8. The van der Waals surface area contributed by atoms with Crippen LogP contribution in [-0.2, 0) is 0 Å². The Kier molecular flexibility index (Phi) is 4.55. The molecule has 4 heteroatoms. The molecule has 0 bridgehead atoms. The van der Waals surface area contributed by atoms with Crippen LogP contribution in [0.4, 0.5) is 5.82 Å². The van der Waals surface area contributed by atoms with Gasteiger partial charge < -0.3 is 4.90 Å². The predicted molar refractivity (Wildman–Crippen MR) is 119 cm³/mol. The van der Waals surface area contributed by atoms with Crippen molar-refractivity contribution in [1.82, 2.24) is 14.6 Å². The maximum absolute atomic E-state index is 4.97. The van der Waals surface area contributed by atoms with Gasteiger partial charge in [0.2, 0.25) is 0 Å². The van der Waals surface area contributed by atoms with Gasteiger partial charge in [0, 0.05) is 35.8 Å². The van der Waals surface area contributed by atoms with Gasteiger partial charge in [0.25, 0.3) is 0 Å². The topological polar surface area (TPSA) is 33.4 Å². The molecule has 1 saturated heterocycles. The van der Waals surface area contributed by atoms with E-state index in [2.05, 4.69) is 79.4 Å². The van der Waals surface area contributed by atoms with Crippen molar-refractivity contribution in [3.63, 3.8) is 0 Å². The Bertz CT molecular complexity index is 1130. The molecule has 0 aliphatic carbocycles. The van der Waals surface area contributed by atoms with Crippen molar-refractivity contribution in [3.8, 4) is 22.5 Å². The number of hydrogen-bond donors (Lipinski definition) is 0. The summed E-state index contributed by atoms with van der Waals surface area (Å²) in [5.74, 6) is 1.14. The second-order valence-corrected chi connectivity index (χ2v) is 8.07. The molecule has 1 unspecified atom stereocenters. The normalized spacial score (nSPS) is 17.0. The second kappa shape index (κ2) is 7.36. The fourth-order valence-electron chi connectivity index (χ4n) is 4.22. The van der Waals surface area contributed by atoms with Crippen molar-refractivity contribution in [2.24, 2.45) is 0 Å². The van der Waals surface area contributed by atoms with Gasteiger partial charge in [-0.3, -0.25) is 0 Å². The Morgan fingerprint density at radius 2 is 1.62 bits per heavy atom. The first-order chi connectivity index (χ1) is 14.2. The standard InChI is InChI=1S/C25H26N4/c1-18-11-13-21(14-12-18)23-16-24-26-22(20-9-4-3-5-10-20)17-25(29(24)27-23)28-15-7-6-8-19(28)2/h3-5,9-14,16-17,19H,6-8,15H2,1-2H3. The number of piperidine rings is 1. The average Bonchev–Trinajstić information content (AvgIpc) is 3.19. The van der Waals surface area contributed by atoms with Gasteiger partial charge in [-0.2, -0.15) is 9.61 Å². The quantitative estimate of drug-likeness (QED) is 0.452. The third-order valence-electron chi connectivity index (χ3n) is 5.92. The van der Waals surface area contributed by atoms with Crippen molar-refractivity contribution < 1.29 is 0 Å². The summed E-state index contributed by atoms with van der Waals surface area (Å²) < 4.78 is 2.03. The van der Waals surface area contributed by atoms with E-state index in [0.29, 0.717) is 6.04 Å². The molecule has 1 atom stereocenters. The fourth-order valence-corrected chi connectivity index (χ4v) is 4.22. The summed E-state index contributed by atoms with van der Waals surface area (Å²) in [5.41, 5.74) is 6.38. The Balaban J connectivity index is 1.69. The van der Waals surface area contributed by atoms with E-state index in [1.807, 2.05) is 10.6 Å². The number of rotatable bonds is 3. The van der Waals surface area contributed by atoms with Crippen LogP contribution in [0.5, 0.6) is 0 Å². The number of aromatic nitrogens is 3. The lowest BCUT2D eigenvalue weighted by atomic mass is 10.0. The number of fused-ring (bicyclic) bond motifs is 1. The van der Waals surface area contributed by atoms with Gasteiger partial charge in [0.15, 0.2) is 5.65 Å². The molecule has 0 N–H and O–H groups in total. The monoisotopic (exact) mass is 382 g/mol. The first-order valence-electron chi connectivity index (χ1n) is 10.5. The molecule has 4 aromatic rings. The molecule has 0 saturated carbocycles. The van der Waals surface area contributed by atoms with Crippen molar-refractivity contribution in [3.05, 3.63) is 72.3 Å². The van der Waals surface area contributed by atoms with E-state index in [1.165, 1.54) is 24.8 Å². The van der Waals surface area contributed by atoms with Crippen LogP contribution in [0.15, 0.2) is 66.7 Å². The van der Waals surface area contributed by atoms with Crippen molar-refractivity contribution >= 4 is 11.5 Å². The summed E-state index contributed by atoms with van der Waals surface area (Å²) in [4.78, 5) is 7.46. The number of hydrogen-bond acceptors (Lipinski definition) is 3. The lowest BCUT2D eigenvalue weighted by molar-refractivity contribution is 0.478. The molecule has 0 spiro atoms. The zero-order valence-corrected chi connectivity index (χ0v) is 17.0. The van der Waals surface area contributed by atoms with Crippen LogP contribution in [0.2, 0.25) is 0 Å². The summed E-state index contributed by atoms with van der Waals surface area (Å²) in [7, 11) is 0. The molecule has 2 aromatic heterocycles. The minimum Gasteiger partial charge on any atom is -0.354 e. The summed E-state index contributed by atoms with van der Waals surface area (Å²) in [5, 5.41) is 4.97. The SMILES string of the molecule is Cc1ccc(-c2cc3nc(-c4ccccc4)cc(N4CCCCC4C)n3n2)cc1. The highest BCUT2D eigenvalue weighted by Gasteiger charge is 2.23. The van der Waals surface area contributed by atoms with E-state index in [-0.39, 0.29) is 0 Å². The van der Waals surface area contributed by atoms with E-state index < -0.39 is 0 Å². The lowest BCUT2D eigenvalue weighted by Crippen LogP contribution is -2.38. The lowest BCUT2D eigenvalue weighted by Gasteiger charge is -2.35. The molecule has 0 radical (unpaired) electrons. The third kappa shape index (κ3) is 3.39. The van der Waals surface area contributed by atoms with Gasteiger partial charge >= 0.3 is 0 Å². The highest BCUT2D eigenvalue weighted by molar-refractivity contribution is 5.71. The smallest absolute Gasteiger partial charge is 0.158 e. The zero-order valence-electron chi connectivity index (χ0n) is 17.0. The van der Waals surface area contributed by atoms with Crippen molar-refractivity contribution in [2.45, 2.75) is 39.2 Å². The first-order valence-corrected chi connectivity index (χ1v) is 10.5. The van der Waals surface area contributed by atoms with Crippen LogP contribution < -0.4 is 4.90 Å². The first kappa shape index (κ1) is 17.9. The molecule has 2 aromatic carbocycles. The number of benzene rings is 2. The fraction of sp³-hybridized carbons (Fsp3) is 0.280. The van der Waals surface area contributed by atoms with Crippen LogP contribution in [0.25, 0.3) is 28.2 Å². The van der Waals surface area contributed by atoms with Crippen LogP contribution in [-0.4, -0.2) is 27.2 Å². The Hall–Kier alpha value is -3.14. The molecular weight excluding hydrogens is 356 g/mol. The molecule has 1 aliphatic heterocycles. The molecule has 0 amide bonds. The van der Waals surface area contributed by atoms with Gasteiger partial charge in [-0.25, -0.2) is 4.98 Å². The summed E-state index contributed by atoms with van der Waals surface area (Å²) in [6.45, 7) is 5.49. The number of anilines is 1. The maximum Gasteiger partial charge on any atom is 0.158 e. The molecule has 29 heavy (non-hydrogen) atoms. The Labute approximate surface area is 171 Å². The van der Waals surface area contributed by atoms with Crippen molar-refractivity contribution in [1.29, 1.82) is 0 Å². The minimum atomic E-state index is 0.505. The highest BCUT2D eigenvalue weighted by Crippen LogP contribution is 2.31. The van der Waals surface area contributed by atoms with Crippen molar-refractivity contribution in [2.75, 3.05) is 11.4 Å². The van der Waals surface area contributed by atoms with Gasteiger partial charge in [-0.15, -0.1) is 0 Å². The number of aryl methyl sites for hydroxylation is 1. The van der Waals surface area contributed by atoms with Gasteiger partial charge in [0.1, 0.15) is 5.82 Å². The highest BCUT2D eigenvalue weighted by atomic mass is 15.4. The van der Waals surface area contributed by atoms with Gasteiger partial charge in [-0.05, 0) is 33.1 Å². The summed E-state index contributed by atoms with van der Waals surface area (Å²) >= 11 is 0. The Morgan fingerprint density at radius 1 is 0.862 bits per heavy atom. The number of nitrogens with zero attached hydrogens (tertiary/aromatic N) is 4. The second-order valence-electron chi connectivity index (χ2n) is 8.07. The van der Waals surface area contributed by atoms with E-state index >= 15 is 0 Å². The largest absolute Gasteiger partial charge is 0.354 e. The van der Waals surface area contributed by atoms with E-state index in [9.17, 15) is 0 Å². The third-order valence-corrected chi connectivity index (χ3v) is 5.92. The molecule has 5 rings (SSSR count). The van der Waals surface area contributed by atoms with Crippen LogP contribution in [0, 0.1) is 6.92 Å². The predicted octanol–water partition coefficient (Wildman–Crippen LogP) is 5.75. The molecule has 1 aliphatic rings. The van der Waals surface area contributed by atoms with E-state index in [0.717, 1.165) is 40.5 Å². The van der Waals surface area contributed by atoms with E-state index in [4.69, 9.17) is 10.1 Å². The molecular formula is C25H26N4. The van der Waals surface area contributed by atoms with Gasteiger partial charge in [-0.1, -0.05) is 60.2 Å². The van der Waals surface area contributed by atoms with E-state index in [1.54, 1.807) is 0 Å². The van der Waals surface area contributed by atoms with Crippen LogP contribution >= 0.6 is 0 Å². The van der Waals surface area contributed by atoms with Gasteiger partial charge in [0.05, 0.1) is 11.4 Å². The average molecular weight is 383 g/mol. The maximum atomic E-state index is 4.97. The minimum absolute atomic E-state index is 0.505. The molecule has 4 nitrogen and oxygen atoms in total.